The van der Waals surface area contributed by atoms with Crippen molar-refractivity contribution >= 4 is 24.4 Å². The maximum Gasteiger partial charge on any atom is 0.250 e. The standard InChI is InChI=1S/C15H18N2O3.ClH/c1-19-13-4-2-3-10-7-11(9-20-14(10)13)15(18)17-12-5-6-16-8-12;/h2-4,7,12,16H,5-6,8-9H2,1H3,(H,17,18);1H. The lowest BCUT2D eigenvalue weighted by Gasteiger charge is -2.20. The fraction of sp³-hybridized carbons (Fsp3) is 0.400. The summed E-state index contributed by atoms with van der Waals surface area (Å²) in [4.78, 5) is 12.2. The maximum atomic E-state index is 12.2. The average molecular weight is 311 g/mol. The summed E-state index contributed by atoms with van der Waals surface area (Å²) in [6.45, 7) is 2.07. The van der Waals surface area contributed by atoms with Crippen LogP contribution in [0.1, 0.15) is 12.0 Å². The van der Waals surface area contributed by atoms with Crippen LogP contribution in [0.15, 0.2) is 23.8 Å². The number of ether oxygens (including phenoxy) is 2. The summed E-state index contributed by atoms with van der Waals surface area (Å²) in [6, 6.07) is 5.87. The third-order valence-corrected chi connectivity index (χ3v) is 3.62. The molecule has 2 aliphatic rings. The van der Waals surface area contributed by atoms with Gasteiger partial charge in [0.1, 0.15) is 6.61 Å². The van der Waals surface area contributed by atoms with Crippen LogP contribution in [0.2, 0.25) is 0 Å². The van der Waals surface area contributed by atoms with Gasteiger partial charge in [-0.05, 0) is 25.1 Å². The molecule has 0 aromatic heterocycles. The van der Waals surface area contributed by atoms with Crippen molar-refractivity contribution in [2.24, 2.45) is 0 Å². The van der Waals surface area contributed by atoms with Crippen LogP contribution in [-0.2, 0) is 4.79 Å². The topological polar surface area (TPSA) is 59.6 Å². The second-order valence-electron chi connectivity index (χ2n) is 5.00. The van der Waals surface area contributed by atoms with Crippen LogP contribution in [0, 0.1) is 0 Å². The van der Waals surface area contributed by atoms with Gasteiger partial charge in [0.2, 0.25) is 0 Å². The molecule has 2 heterocycles. The van der Waals surface area contributed by atoms with E-state index in [2.05, 4.69) is 10.6 Å². The van der Waals surface area contributed by atoms with Gasteiger partial charge in [0.05, 0.1) is 12.7 Å². The Labute approximate surface area is 130 Å². The Bertz CT molecular complexity index is 554. The van der Waals surface area contributed by atoms with E-state index in [-0.39, 0.29) is 31.0 Å². The van der Waals surface area contributed by atoms with E-state index in [1.54, 1.807) is 7.11 Å². The molecule has 2 N–H and O–H groups in total. The Morgan fingerprint density at radius 2 is 2.33 bits per heavy atom. The van der Waals surface area contributed by atoms with Crippen LogP contribution in [0.4, 0.5) is 0 Å². The van der Waals surface area contributed by atoms with Gasteiger partial charge in [0.15, 0.2) is 11.5 Å². The minimum Gasteiger partial charge on any atom is -0.493 e. The molecule has 21 heavy (non-hydrogen) atoms. The van der Waals surface area contributed by atoms with Gasteiger partial charge >= 0.3 is 0 Å². The minimum atomic E-state index is -0.0489. The zero-order valence-electron chi connectivity index (χ0n) is 11.8. The zero-order valence-corrected chi connectivity index (χ0v) is 12.7. The summed E-state index contributed by atoms with van der Waals surface area (Å²) >= 11 is 0. The second kappa shape index (κ2) is 6.83. The van der Waals surface area contributed by atoms with Gasteiger partial charge in [0.25, 0.3) is 5.91 Å². The molecule has 1 aromatic rings. The van der Waals surface area contributed by atoms with Gasteiger partial charge in [-0.15, -0.1) is 12.4 Å². The van der Waals surface area contributed by atoms with Crippen LogP contribution >= 0.6 is 12.4 Å². The van der Waals surface area contributed by atoms with Crippen LogP contribution in [0.5, 0.6) is 11.5 Å². The molecule has 1 atom stereocenters. The molecule has 5 nitrogen and oxygen atoms in total. The van der Waals surface area contributed by atoms with Gasteiger partial charge in [0, 0.05) is 18.2 Å². The highest BCUT2D eigenvalue weighted by molar-refractivity contribution is 5.99. The lowest BCUT2D eigenvalue weighted by Crippen LogP contribution is -2.38. The first-order valence-electron chi connectivity index (χ1n) is 6.80. The van der Waals surface area contributed by atoms with Crippen molar-refractivity contribution in [3.63, 3.8) is 0 Å². The predicted molar refractivity (Wildman–Crippen MR) is 83.1 cm³/mol. The first-order valence-corrected chi connectivity index (χ1v) is 6.80. The summed E-state index contributed by atoms with van der Waals surface area (Å²) in [6.07, 6.45) is 2.85. The number of halogens is 1. The van der Waals surface area contributed by atoms with Gasteiger partial charge < -0.3 is 20.1 Å². The fourth-order valence-electron chi connectivity index (χ4n) is 2.53. The SMILES string of the molecule is COc1cccc2c1OCC(C(=O)NC1CCNC1)=C2.Cl. The number of benzene rings is 1. The average Bonchev–Trinajstić information content (AvgIpc) is 2.98. The van der Waals surface area contributed by atoms with Gasteiger partial charge in [-0.1, -0.05) is 12.1 Å². The number of hydrogen-bond donors (Lipinski definition) is 2. The number of nitrogens with one attached hydrogen (secondary N) is 2. The molecule has 1 amide bonds. The van der Waals surface area contributed by atoms with Crippen molar-refractivity contribution < 1.29 is 14.3 Å². The third-order valence-electron chi connectivity index (χ3n) is 3.62. The van der Waals surface area contributed by atoms with E-state index in [4.69, 9.17) is 9.47 Å². The summed E-state index contributed by atoms with van der Waals surface area (Å²) in [5, 5.41) is 6.26. The molecule has 6 heteroatoms. The number of para-hydroxylation sites is 1. The summed E-state index contributed by atoms with van der Waals surface area (Å²) in [5.41, 5.74) is 1.53. The Balaban J connectivity index is 0.00000161. The number of amides is 1. The molecule has 0 saturated carbocycles. The number of hydrogen-bond acceptors (Lipinski definition) is 4. The Hall–Kier alpha value is -1.72. The van der Waals surface area contributed by atoms with Gasteiger partial charge in [-0.25, -0.2) is 0 Å². The second-order valence-corrected chi connectivity index (χ2v) is 5.00. The Kier molecular flexibility index (Phi) is 5.09. The van der Waals surface area contributed by atoms with E-state index >= 15 is 0 Å². The molecule has 1 aromatic carbocycles. The van der Waals surface area contributed by atoms with E-state index < -0.39 is 0 Å². The number of rotatable bonds is 3. The van der Waals surface area contributed by atoms with Crippen LogP contribution in [0.25, 0.3) is 6.08 Å². The lowest BCUT2D eigenvalue weighted by molar-refractivity contribution is -0.118. The fourth-order valence-corrected chi connectivity index (χ4v) is 2.53. The molecule has 0 radical (unpaired) electrons. The number of fused-ring (bicyclic) bond motifs is 1. The summed E-state index contributed by atoms with van der Waals surface area (Å²) in [7, 11) is 1.61. The van der Waals surface area contributed by atoms with E-state index in [0.29, 0.717) is 17.1 Å². The number of carbonyl (C=O) groups is 1. The van der Waals surface area contributed by atoms with Crippen molar-refractivity contribution in [3.05, 3.63) is 29.3 Å². The quantitative estimate of drug-likeness (QED) is 0.885. The third kappa shape index (κ3) is 3.31. The molecule has 0 aliphatic carbocycles. The zero-order chi connectivity index (χ0) is 13.9. The van der Waals surface area contributed by atoms with E-state index in [1.807, 2.05) is 24.3 Å². The summed E-state index contributed by atoms with van der Waals surface area (Å²) in [5.74, 6) is 1.35. The van der Waals surface area contributed by atoms with Crippen molar-refractivity contribution in [2.45, 2.75) is 12.5 Å². The Morgan fingerprint density at radius 3 is 3.05 bits per heavy atom. The van der Waals surface area contributed by atoms with Gasteiger partial charge in [-0.2, -0.15) is 0 Å². The first-order chi connectivity index (χ1) is 9.78. The highest BCUT2D eigenvalue weighted by Crippen LogP contribution is 2.35. The smallest absolute Gasteiger partial charge is 0.250 e. The van der Waals surface area contributed by atoms with Crippen molar-refractivity contribution in [3.8, 4) is 11.5 Å². The van der Waals surface area contributed by atoms with E-state index in [9.17, 15) is 4.79 Å². The van der Waals surface area contributed by atoms with Crippen molar-refractivity contribution in [1.29, 1.82) is 0 Å². The van der Waals surface area contributed by atoms with Crippen molar-refractivity contribution in [2.75, 3.05) is 26.8 Å². The van der Waals surface area contributed by atoms with Crippen LogP contribution in [-0.4, -0.2) is 38.8 Å². The lowest BCUT2D eigenvalue weighted by atomic mass is 10.1. The highest BCUT2D eigenvalue weighted by atomic mass is 35.5. The van der Waals surface area contributed by atoms with E-state index in [0.717, 1.165) is 25.1 Å². The molecule has 2 aliphatic heterocycles. The summed E-state index contributed by atoms with van der Waals surface area (Å²) < 4.78 is 10.9. The molecule has 0 bridgehead atoms. The van der Waals surface area contributed by atoms with Crippen LogP contribution in [0.3, 0.4) is 0 Å². The minimum absolute atomic E-state index is 0. The first kappa shape index (κ1) is 15.7. The molecular formula is C15H19ClN2O3. The van der Waals surface area contributed by atoms with Gasteiger partial charge in [-0.3, -0.25) is 4.79 Å². The molecule has 1 fully saturated rings. The Morgan fingerprint density at radius 1 is 1.48 bits per heavy atom. The largest absolute Gasteiger partial charge is 0.493 e. The van der Waals surface area contributed by atoms with Crippen molar-refractivity contribution in [1.82, 2.24) is 10.6 Å². The number of methoxy groups -OCH3 is 1. The maximum absolute atomic E-state index is 12.2. The van der Waals surface area contributed by atoms with Crippen LogP contribution < -0.4 is 20.1 Å². The highest BCUT2D eigenvalue weighted by Gasteiger charge is 2.23. The molecule has 0 spiro atoms. The molecule has 114 valence electrons. The number of carbonyl (C=O) groups excluding carboxylic acids is 1. The molecular weight excluding hydrogens is 292 g/mol. The molecule has 1 unspecified atom stereocenters. The van der Waals surface area contributed by atoms with E-state index in [1.165, 1.54) is 0 Å². The molecule has 3 rings (SSSR count). The normalized spacial score (nSPS) is 19.7. The predicted octanol–water partition coefficient (Wildman–Crippen LogP) is 1.37. The monoisotopic (exact) mass is 310 g/mol. The molecule has 1 saturated heterocycles.